The van der Waals surface area contributed by atoms with Crippen molar-refractivity contribution in [1.82, 2.24) is 15.3 Å². The molecule has 0 fully saturated rings. The van der Waals surface area contributed by atoms with Crippen LogP contribution in [0, 0.1) is 0 Å². The molecule has 0 saturated heterocycles. The Bertz CT molecular complexity index is 1280. The molecule has 0 unspecified atom stereocenters. The molecule has 0 atom stereocenters. The molecule has 34 heavy (non-hydrogen) atoms. The van der Waals surface area contributed by atoms with Gasteiger partial charge in [0.25, 0.3) is 0 Å². The van der Waals surface area contributed by atoms with Gasteiger partial charge in [-0.2, -0.15) is 13.2 Å². The summed E-state index contributed by atoms with van der Waals surface area (Å²) in [5.74, 6) is -2.76. The summed E-state index contributed by atoms with van der Waals surface area (Å²) in [5.41, 5.74) is 8.28. The summed E-state index contributed by atoms with van der Waals surface area (Å²) in [6.45, 7) is 0.881. The number of imidazole rings is 1. The van der Waals surface area contributed by atoms with Crippen molar-refractivity contribution in [3.63, 3.8) is 0 Å². The van der Waals surface area contributed by atoms with Crippen LogP contribution in [0.3, 0.4) is 0 Å². The van der Waals surface area contributed by atoms with Gasteiger partial charge in [-0.05, 0) is 47.2 Å². The average Bonchev–Trinajstić information content (AvgIpc) is 3.43. The number of nitrogens with zero attached hydrogens (tertiary/aromatic N) is 1. The van der Waals surface area contributed by atoms with Crippen LogP contribution < -0.4 is 5.32 Å². The van der Waals surface area contributed by atoms with E-state index in [1.54, 1.807) is 6.33 Å². The number of benzene rings is 3. The smallest absolute Gasteiger partial charge is 0.475 e. The lowest BCUT2D eigenvalue weighted by molar-refractivity contribution is -0.192. The van der Waals surface area contributed by atoms with Crippen LogP contribution >= 0.6 is 11.6 Å². The largest absolute Gasteiger partial charge is 0.490 e. The molecule has 5 nitrogen and oxygen atoms in total. The molecule has 3 aromatic carbocycles. The molecule has 0 amide bonds. The number of carboxylic acids is 1. The van der Waals surface area contributed by atoms with Crippen molar-refractivity contribution in [3.8, 4) is 11.1 Å². The molecule has 9 heteroatoms. The first kappa shape index (κ1) is 23.8. The van der Waals surface area contributed by atoms with Gasteiger partial charge in [-0.3, -0.25) is 0 Å². The van der Waals surface area contributed by atoms with Crippen molar-refractivity contribution < 1.29 is 23.1 Å². The van der Waals surface area contributed by atoms with Crippen molar-refractivity contribution in [1.29, 1.82) is 0 Å². The second kappa shape index (κ2) is 9.87. The van der Waals surface area contributed by atoms with Gasteiger partial charge in [-0.25, -0.2) is 9.78 Å². The van der Waals surface area contributed by atoms with E-state index >= 15 is 0 Å². The van der Waals surface area contributed by atoms with E-state index in [-0.39, 0.29) is 0 Å². The van der Waals surface area contributed by atoms with E-state index in [9.17, 15) is 13.2 Å². The van der Waals surface area contributed by atoms with Gasteiger partial charge in [0.05, 0.1) is 22.4 Å². The third-order valence-corrected chi connectivity index (χ3v) is 5.98. The second-order valence-electron chi connectivity index (χ2n) is 8.01. The van der Waals surface area contributed by atoms with Crippen LogP contribution in [-0.4, -0.2) is 33.3 Å². The minimum Gasteiger partial charge on any atom is -0.475 e. The van der Waals surface area contributed by atoms with E-state index in [1.807, 2.05) is 6.07 Å². The number of halogens is 4. The van der Waals surface area contributed by atoms with E-state index in [0.29, 0.717) is 6.04 Å². The van der Waals surface area contributed by atoms with E-state index in [2.05, 4.69) is 69.9 Å². The Morgan fingerprint density at radius 2 is 1.71 bits per heavy atom. The van der Waals surface area contributed by atoms with E-state index < -0.39 is 12.1 Å². The Labute approximate surface area is 198 Å². The zero-order valence-corrected chi connectivity index (χ0v) is 18.6. The Morgan fingerprint density at radius 3 is 2.29 bits per heavy atom. The fourth-order valence-corrected chi connectivity index (χ4v) is 4.21. The first-order valence-electron chi connectivity index (χ1n) is 10.5. The number of aromatic amines is 1. The number of hydrogen-bond donors (Lipinski definition) is 3. The minimum atomic E-state index is -5.08. The molecule has 1 aliphatic rings. The molecule has 0 radical (unpaired) electrons. The van der Waals surface area contributed by atoms with Crippen LogP contribution in [-0.2, 0) is 24.2 Å². The number of aromatic nitrogens is 2. The molecule has 0 saturated carbocycles. The van der Waals surface area contributed by atoms with Crippen LogP contribution in [0.1, 0.15) is 16.7 Å². The molecule has 5 rings (SSSR count). The standard InChI is InChI=1S/C23H20ClN3.C2HF3O2/c24-21-12-23-22(26-14-27-23)11-20(21)16-7-5-15(6-8-16)13-25-19-9-17-3-1-2-4-18(17)10-19;3-2(4,5)1(6)7/h1-8,11-12,14,19,25H,9-10,13H2,(H,26,27);(H,6,7). The van der Waals surface area contributed by atoms with E-state index in [0.717, 1.165) is 46.6 Å². The summed E-state index contributed by atoms with van der Waals surface area (Å²) >= 11 is 6.46. The Kier molecular flexibility index (Phi) is 6.90. The molecule has 0 bridgehead atoms. The van der Waals surface area contributed by atoms with Crippen LogP contribution in [0.4, 0.5) is 13.2 Å². The number of carboxylic acid groups (broad SMARTS) is 1. The number of H-pyrrole nitrogens is 1. The summed E-state index contributed by atoms with van der Waals surface area (Å²) < 4.78 is 31.7. The van der Waals surface area contributed by atoms with Crippen molar-refractivity contribution in [2.24, 2.45) is 0 Å². The number of aliphatic carboxylic acids is 1. The maximum absolute atomic E-state index is 10.6. The maximum atomic E-state index is 10.6. The number of nitrogens with one attached hydrogen (secondary N) is 2. The molecule has 0 aliphatic heterocycles. The summed E-state index contributed by atoms with van der Waals surface area (Å²) in [4.78, 5) is 16.3. The average molecular weight is 488 g/mol. The quantitative estimate of drug-likeness (QED) is 0.341. The summed E-state index contributed by atoms with van der Waals surface area (Å²) in [6.07, 6.45) is -1.15. The molecule has 0 spiro atoms. The predicted molar refractivity (Wildman–Crippen MR) is 125 cm³/mol. The van der Waals surface area contributed by atoms with Crippen molar-refractivity contribution in [3.05, 3.63) is 88.7 Å². The molecular formula is C25H21ClF3N3O2. The monoisotopic (exact) mass is 487 g/mol. The van der Waals surface area contributed by atoms with Crippen molar-refractivity contribution in [2.75, 3.05) is 0 Å². The number of rotatable bonds is 4. The van der Waals surface area contributed by atoms with Gasteiger partial charge in [-0.1, -0.05) is 60.1 Å². The van der Waals surface area contributed by atoms with Gasteiger partial charge in [0.1, 0.15) is 0 Å². The minimum absolute atomic E-state index is 0.527. The Balaban J connectivity index is 0.000000344. The van der Waals surface area contributed by atoms with Gasteiger partial charge in [0.15, 0.2) is 0 Å². The van der Waals surface area contributed by atoms with Crippen LogP contribution in [0.25, 0.3) is 22.2 Å². The summed E-state index contributed by atoms with van der Waals surface area (Å²) in [7, 11) is 0. The molecular weight excluding hydrogens is 467 g/mol. The molecule has 1 aromatic heterocycles. The van der Waals surface area contributed by atoms with Gasteiger partial charge >= 0.3 is 12.1 Å². The topological polar surface area (TPSA) is 78.0 Å². The van der Waals surface area contributed by atoms with Gasteiger partial charge in [-0.15, -0.1) is 0 Å². The molecule has 1 heterocycles. The van der Waals surface area contributed by atoms with Gasteiger partial charge < -0.3 is 15.4 Å². The zero-order valence-electron chi connectivity index (χ0n) is 17.9. The fourth-order valence-electron chi connectivity index (χ4n) is 3.95. The Hall–Kier alpha value is -3.36. The number of hydrogen-bond acceptors (Lipinski definition) is 3. The third-order valence-electron chi connectivity index (χ3n) is 5.66. The molecule has 3 N–H and O–H groups in total. The second-order valence-corrected chi connectivity index (χ2v) is 8.41. The first-order valence-corrected chi connectivity index (χ1v) is 10.9. The van der Waals surface area contributed by atoms with E-state index in [4.69, 9.17) is 21.5 Å². The van der Waals surface area contributed by atoms with E-state index in [1.165, 1.54) is 16.7 Å². The van der Waals surface area contributed by atoms with Crippen molar-refractivity contribution >= 4 is 28.6 Å². The summed E-state index contributed by atoms with van der Waals surface area (Å²) in [6, 6.07) is 21.9. The van der Waals surface area contributed by atoms with Crippen LogP contribution in [0.2, 0.25) is 5.02 Å². The zero-order chi connectivity index (χ0) is 24.3. The molecule has 1 aliphatic carbocycles. The maximum Gasteiger partial charge on any atom is 0.490 e. The van der Waals surface area contributed by atoms with Gasteiger partial charge in [0.2, 0.25) is 0 Å². The highest BCUT2D eigenvalue weighted by Crippen LogP contribution is 2.31. The first-order chi connectivity index (χ1) is 16.2. The van der Waals surface area contributed by atoms with Crippen LogP contribution in [0.15, 0.2) is 67.0 Å². The highest BCUT2D eigenvalue weighted by atomic mass is 35.5. The Morgan fingerprint density at radius 1 is 1.09 bits per heavy atom. The normalized spacial score (nSPS) is 13.4. The SMILES string of the molecule is Clc1cc2nc[nH]c2cc1-c1ccc(CNC2Cc3ccccc3C2)cc1.O=C(O)C(F)(F)F. The predicted octanol–water partition coefficient (Wildman–Crippen LogP) is 5.77. The lowest BCUT2D eigenvalue weighted by atomic mass is 10.0. The third kappa shape index (κ3) is 5.58. The van der Waals surface area contributed by atoms with Gasteiger partial charge in [0, 0.05) is 18.2 Å². The molecule has 4 aromatic rings. The highest BCUT2D eigenvalue weighted by molar-refractivity contribution is 6.34. The number of alkyl halides is 3. The lowest BCUT2D eigenvalue weighted by Gasteiger charge is -2.12. The molecule has 176 valence electrons. The van der Waals surface area contributed by atoms with Crippen molar-refractivity contribution in [2.45, 2.75) is 31.6 Å². The highest BCUT2D eigenvalue weighted by Gasteiger charge is 2.38. The fraction of sp³-hybridized carbons (Fsp3) is 0.200. The number of carbonyl (C=O) groups is 1. The summed E-state index contributed by atoms with van der Waals surface area (Å²) in [5, 5.41) is 11.5. The lowest BCUT2D eigenvalue weighted by Crippen LogP contribution is -2.28. The number of fused-ring (bicyclic) bond motifs is 2. The van der Waals surface area contributed by atoms with Crippen LogP contribution in [0.5, 0.6) is 0 Å².